The van der Waals surface area contributed by atoms with E-state index in [1.165, 1.54) is 17.8 Å². The van der Waals surface area contributed by atoms with Crippen LogP contribution in [0.5, 0.6) is 5.75 Å². The van der Waals surface area contributed by atoms with Crippen molar-refractivity contribution in [2.45, 2.75) is 20.4 Å². The van der Waals surface area contributed by atoms with Crippen molar-refractivity contribution >= 4 is 28.4 Å². The predicted molar refractivity (Wildman–Crippen MR) is 88.1 cm³/mol. The highest BCUT2D eigenvalue weighted by atomic mass is 127. The van der Waals surface area contributed by atoms with Crippen LogP contribution >= 0.6 is 22.6 Å². The molecular formula is C15H15IN2O3. The van der Waals surface area contributed by atoms with Crippen molar-refractivity contribution in [3.05, 3.63) is 55.3 Å². The van der Waals surface area contributed by atoms with Crippen molar-refractivity contribution in [1.29, 1.82) is 0 Å². The van der Waals surface area contributed by atoms with Gasteiger partial charge in [0, 0.05) is 11.1 Å². The first kappa shape index (κ1) is 15.7. The third kappa shape index (κ3) is 3.31. The molecule has 5 nitrogen and oxygen atoms in total. The van der Waals surface area contributed by atoms with E-state index in [1.54, 1.807) is 32.2 Å². The van der Waals surface area contributed by atoms with Crippen LogP contribution in [0.15, 0.2) is 29.3 Å². The van der Waals surface area contributed by atoms with Crippen LogP contribution < -0.4 is 10.3 Å². The Morgan fingerprint density at radius 1 is 1.43 bits per heavy atom. The Labute approximate surface area is 136 Å². The van der Waals surface area contributed by atoms with Gasteiger partial charge in [0.05, 0.1) is 29.2 Å². The Balaban J connectivity index is 2.48. The number of ketones is 1. The second kappa shape index (κ2) is 6.38. The summed E-state index contributed by atoms with van der Waals surface area (Å²) in [5, 5.41) is 0. The molecule has 0 saturated heterocycles. The second-order valence-electron chi connectivity index (χ2n) is 4.66. The smallest absolute Gasteiger partial charge is 0.267 e. The van der Waals surface area contributed by atoms with Gasteiger partial charge in [-0.15, -0.1) is 0 Å². The molecule has 0 spiro atoms. The SMILES string of the molecule is COc1ccc(C(C)=O)cc1Cn1cnc(C)c(I)c1=O. The summed E-state index contributed by atoms with van der Waals surface area (Å²) < 4.78 is 7.40. The van der Waals surface area contributed by atoms with Crippen LogP contribution in [0.2, 0.25) is 0 Å². The van der Waals surface area contributed by atoms with Crippen molar-refractivity contribution in [2.24, 2.45) is 0 Å². The normalized spacial score (nSPS) is 10.5. The van der Waals surface area contributed by atoms with Crippen LogP contribution in [0.25, 0.3) is 0 Å². The van der Waals surface area contributed by atoms with Crippen molar-refractivity contribution in [2.75, 3.05) is 7.11 Å². The minimum atomic E-state index is -0.0987. The lowest BCUT2D eigenvalue weighted by atomic mass is 10.1. The van der Waals surface area contributed by atoms with Gasteiger partial charge in [-0.2, -0.15) is 0 Å². The molecule has 21 heavy (non-hydrogen) atoms. The van der Waals surface area contributed by atoms with Crippen molar-refractivity contribution < 1.29 is 9.53 Å². The van der Waals surface area contributed by atoms with Gasteiger partial charge in [0.1, 0.15) is 5.75 Å². The summed E-state index contributed by atoms with van der Waals surface area (Å²) in [6.07, 6.45) is 1.51. The van der Waals surface area contributed by atoms with E-state index in [-0.39, 0.29) is 11.3 Å². The monoisotopic (exact) mass is 398 g/mol. The zero-order valence-corrected chi connectivity index (χ0v) is 14.2. The Bertz CT molecular complexity index is 753. The number of aryl methyl sites for hydroxylation is 1. The molecule has 6 heteroatoms. The molecule has 1 heterocycles. The summed E-state index contributed by atoms with van der Waals surface area (Å²) in [6.45, 7) is 3.62. The average molecular weight is 398 g/mol. The van der Waals surface area contributed by atoms with Gasteiger partial charge >= 0.3 is 0 Å². The number of ether oxygens (including phenoxy) is 1. The maximum Gasteiger partial charge on any atom is 0.267 e. The van der Waals surface area contributed by atoms with Crippen molar-refractivity contribution in [3.8, 4) is 5.75 Å². The minimum absolute atomic E-state index is 0.0251. The summed E-state index contributed by atoms with van der Waals surface area (Å²) in [7, 11) is 1.56. The molecule has 0 fully saturated rings. The van der Waals surface area contributed by atoms with Crippen LogP contribution in [0.3, 0.4) is 0 Å². The molecule has 110 valence electrons. The highest BCUT2D eigenvalue weighted by Gasteiger charge is 2.11. The topological polar surface area (TPSA) is 61.2 Å². The minimum Gasteiger partial charge on any atom is -0.496 e. The van der Waals surface area contributed by atoms with E-state index in [0.717, 1.165) is 5.56 Å². The summed E-state index contributed by atoms with van der Waals surface area (Å²) >= 11 is 1.99. The maximum absolute atomic E-state index is 12.2. The van der Waals surface area contributed by atoms with E-state index in [4.69, 9.17) is 4.74 Å². The van der Waals surface area contributed by atoms with E-state index in [1.807, 2.05) is 22.6 Å². The average Bonchev–Trinajstić information content (AvgIpc) is 2.47. The Hall–Kier alpha value is -1.70. The Morgan fingerprint density at radius 3 is 2.76 bits per heavy atom. The summed E-state index contributed by atoms with van der Waals surface area (Å²) in [5.41, 5.74) is 1.97. The zero-order chi connectivity index (χ0) is 15.6. The van der Waals surface area contributed by atoms with Crippen LogP contribution in [0.1, 0.15) is 28.5 Å². The lowest BCUT2D eigenvalue weighted by molar-refractivity contribution is 0.101. The standard InChI is InChI=1S/C15H15IN2O3/c1-9-14(16)15(20)18(8-17-9)7-12-6-11(10(2)19)4-5-13(12)21-3/h4-6,8H,7H2,1-3H3. The van der Waals surface area contributed by atoms with Crippen molar-refractivity contribution in [3.63, 3.8) is 0 Å². The third-order valence-electron chi connectivity index (χ3n) is 3.18. The quantitative estimate of drug-likeness (QED) is 0.587. The molecule has 0 unspecified atom stereocenters. The Morgan fingerprint density at radius 2 is 2.14 bits per heavy atom. The number of hydrogen-bond acceptors (Lipinski definition) is 4. The highest BCUT2D eigenvalue weighted by molar-refractivity contribution is 14.1. The highest BCUT2D eigenvalue weighted by Crippen LogP contribution is 2.21. The van der Waals surface area contributed by atoms with Crippen LogP contribution in [0, 0.1) is 10.5 Å². The molecule has 0 bridgehead atoms. The summed E-state index contributed by atoms with van der Waals surface area (Å²) in [5.74, 6) is 0.616. The number of Topliss-reactive ketones (excluding diaryl/α,β-unsaturated/α-hetero) is 1. The van der Waals surface area contributed by atoms with Gasteiger partial charge in [0.15, 0.2) is 5.78 Å². The first-order chi connectivity index (χ1) is 9.93. The first-order valence-corrected chi connectivity index (χ1v) is 7.41. The number of rotatable bonds is 4. The fraction of sp³-hybridized carbons (Fsp3) is 0.267. The van der Waals surface area contributed by atoms with Gasteiger partial charge in [-0.25, -0.2) is 4.98 Å². The summed E-state index contributed by atoms with van der Waals surface area (Å²) in [4.78, 5) is 27.9. The molecule has 0 aliphatic rings. The fourth-order valence-corrected chi connectivity index (χ4v) is 2.41. The molecule has 1 aromatic heterocycles. The lowest BCUT2D eigenvalue weighted by Crippen LogP contribution is -2.24. The largest absolute Gasteiger partial charge is 0.496 e. The molecular weight excluding hydrogens is 383 g/mol. The Kier molecular flexibility index (Phi) is 4.76. The van der Waals surface area contributed by atoms with Gasteiger partial charge in [-0.05, 0) is 54.6 Å². The van der Waals surface area contributed by atoms with E-state index in [9.17, 15) is 9.59 Å². The molecule has 0 radical (unpaired) electrons. The number of nitrogens with zero attached hydrogens (tertiary/aromatic N) is 2. The fourth-order valence-electron chi connectivity index (χ4n) is 1.96. The number of methoxy groups -OCH3 is 1. The number of hydrogen-bond donors (Lipinski definition) is 0. The lowest BCUT2D eigenvalue weighted by Gasteiger charge is -2.12. The molecule has 0 aliphatic heterocycles. The summed E-state index contributed by atoms with van der Waals surface area (Å²) in [6, 6.07) is 5.20. The van der Waals surface area contributed by atoms with Crippen LogP contribution in [-0.2, 0) is 6.54 Å². The predicted octanol–water partition coefficient (Wildman–Crippen LogP) is 2.42. The zero-order valence-electron chi connectivity index (χ0n) is 12.0. The molecule has 0 saturated carbocycles. The molecule has 1 aromatic carbocycles. The first-order valence-electron chi connectivity index (χ1n) is 6.33. The molecule has 0 atom stereocenters. The van der Waals surface area contributed by atoms with Crippen LogP contribution in [-0.4, -0.2) is 22.4 Å². The number of carbonyl (C=O) groups excluding carboxylic acids is 1. The molecule has 0 N–H and O–H groups in total. The van der Waals surface area contributed by atoms with E-state index in [0.29, 0.717) is 27.1 Å². The van der Waals surface area contributed by atoms with Gasteiger partial charge in [0.25, 0.3) is 5.56 Å². The number of halogens is 1. The third-order valence-corrected chi connectivity index (χ3v) is 4.43. The number of aromatic nitrogens is 2. The number of benzene rings is 1. The van der Waals surface area contributed by atoms with Crippen LogP contribution in [0.4, 0.5) is 0 Å². The van der Waals surface area contributed by atoms with E-state index < -0.39 is 0 Å². The van der Waals surface area contributed by atoms with Gasteiger partial charge in [-0.3, -0.25) is 14.2 Å². The molecule has 2 aromatic rings. The van der Waals surface area contributed by atoms with Gasteiger partial charge in [-0.1, -0.05) is 0 Å². The molecule has 0 amide bonds. The molecule has 0 aliphatic carbocycles. The number of carbonyl (C=O) groups is 1. The van der Waals surface area contributed by atoms with Crippen molar-refractivity contribution in [1.82, 2.24) is 9.55 Å². The van der Waals surface area contributed by atoms with Gasteiger partial charge in [0.2, 0.25) is 0 Å². The van der Waals surface area contributed by atoms with E-state index >= 15 is 0 Å². The van der Waals surface area contributed by atoms with Gasteiger partial charge < -0.3 is 4.74 Å². The van der Waals surface area contributed by atoms with E-state index in [2.05, 4.69) is 4.98 Å². The second-order valence-corrected chi connectivity index (χ2v) is 5.74. The molecule has 2 rings (SSSR count). The maximum atomic E-state index is 12.2.